The summed E-state index contributed by atoms with van der Waals surface area (Å²) in [4.78, 5) is 17.1. The molecule has 0 atom stereocenters. The van der Waals surface area contributed by atoms with Crippen molar-refractivity contribution in [3.8, 4) is 22.8 Å². The Morgan fingerprint density at radius 2 is 1.52 bits per heavy atom. The second-order valence-corrected chi connectivity index (χ2v) is 6.43. The molecule has 0 spiro atoms. The van der Waals surface area contributed by atoms with Crippen LogP contribution in [0.1, 0.15) is 10.5 Å². The van der Waals surface area contributed by atoms with E-state index < -0.39 is 0 Å². The second-order valence-electron chi connectivity index (χ2n) is 6.43. The number of nitrogen functional groups attached to an aromatic ring is 1. The summed E-state index contributed by atoms with van der Waals surface area (Å²) < 4.78 is 5.76. The van der Waals surface area contributed by atoms with E-state index in [4.69, 9.17) is 10.5 Å². The van der Waals surface area contributed by atoms with E-state index >= 15 is 0 Å². The highest BCUT2D eigenvalue weighted by molar-refractivity contribution is 6.03. The standard InChI is InChI=1S/C24H19N3O2/c25-18-7-4-6-17(16-18)22-10-5-11-23(27-22)24(28)26-19-12-14-21(15-13-19)29-20-8-2-1-3-9-20/h1-16H,25H2,(H,26,28). The molecule has 4 rings (SSSR count). The number of carbonyl (C=O) groups excluding carboxylic acids is 1. The van der Waals surface area contributed by atoms with E-state index in [-0.39, 0.29) is 5.91 Å². The van der Waals surface area contributed by atoms with Crippen LogP contribution >= 0.6 is 0 Å². The molecule has 142 valence electrons. The average molecular weight is 381 g/mol. The van der Waals surface area contributed by atoms with Crippen molar-refractivity contribution in [2.45, 2.75) is 0 Å². The lowest BCUT2D eigenvalue weighted by atomic mass is 10.1. The van der Waals surface area contributed by atoms with E-state index in [2.05, 4.69) is 10.3 Å². The molecule has 5 heteroatoms. The van der Waals surface area contributed by atoms with Crippen LogP contribution in [0.2, 0.25) is 0 Å². The molecule has 0 radical (unpaired) electrons. The van der Waals surface area contributed by atoms with E-state index in [1.807, 2.05) is 60.7 Å². The molecule has 3 aromatic carbocycles. The Morgan fingerprint density at radius 3 is 2.28 bits per heavy atom. The highest BCUT2D eigenvalue weighted by atomic mass is 16.5. The number of rotatable bonds is 5. The predicted molar refractivity (Wildman–Crippen MR) is 115 cm³/mol. The van der Waals surface area contributed by atoms with Gasteiger partial charge in [0.05, 0.1) is 5.69 Å². The van der Waals surface area contributed by atoms with Crippen LogP contribution in [0.15, 0.2) is 97.1 Å². The first kappa shape index (κ1) is 18.3. The fourth-order valence-electron chi connectivity index (χ4n) is 2.85. The van der Waals surface area contributed by atoms with E-state index in [1.54, 1.807) is 36.4 Å². The van der Waals surface area contributed by atoms with Gasteiger partial charge in [-0.05, 0) is 60.7 Å². The minimum absolute atomic E-state index is 0.285. The zero-order chi connectivity index (χ0) is 20.1. The van der Waals surface area contributed by atoms with Crippen molar-refractivity contribution in [1.29, 1.82) is 0 Å². The van der Waals surface area contributed by atoms with E-state index in [9.17, 15) is 4.79 Å². The van der Waals surface area contributed by atoms with Crippen LogP contribution < -0.4 is 15.8 Å². The molecule has 1 aromatic heterocycles. The van der Waals surface area contributed by atoms with Crippen molar-refractivity contribution >= 4 is 17.3 Å². The van der Waals surface area contributed by atoms with Crippen molar-refractivity contribution in [2.75, 3.05) is 11.1 Å². The van der Waals surface area contributed by atoms with Crippen molar-refractivity contribution in [2.24, 2.45) is 0 Å². The van der Waals surface area contributed by atoms with Crippen LogP contribution in [0.4, 0.5) is 11.4 Å². The third-order valence-electron chi connectivity index (χ3n) is 4.26. The van der Waals surface area contributed by atoms with Crippen LogP contribution in [0.5, 0.6) is 11.5 Å². The molecule has 0 aliphatic rings. The Bertz CT molecular complexity index is 1130. The van der Waals surface area contributed by atoms with Gasteiger partial charge in [-0.25, -0.2) is 4.98 Å². The van der Waals surface area contributed by atoms with Gasteiger partial charge >= 0.3 is 0 Å². The number of nitrogens with one attached hydrogen (secondary N) is 1. The summed E-state index contributed by atoms with van der Waals surface area (Å²) in [5.41, 5.74) is 9.03. The molecule has 0 bridgehead atoms. The molecule has 0 aliphatic carbocycles. The van der Waals surface area contributed by atoms with Gasteiger partial charge in [0.1, 0.15) is 17.2 Å². The molecule has 1 heterocycles. The normalized spacial score (nSPS) is 10.3. The van der Waals surface area contributed by atoms with Crippen molar-refractivity contribution in [1.82, 2.24) is 4.98 Å². The molecule has 0 fully saturated rings. The summed E-state index contributed by atoms with van der Waals surface area (Å²) in [6.45, 7) is 0. The molecule has 0 aliphatic heterocycles. The van der Waals surface area contributed by atoms with Crippen molar-refractivity contribution in [3.05, 3.63) is 103 Å². The zero-order valence-electron chi connectivity index (χ0n) is 15.6. The average Bonchev–Trinajstić information content (AvgIpc) is 2.76. The van der Waals surface area contributed by atoms with Gasteiger partial charge in [-0.1, -0.05) is 36.4 Å². The lowest BCUT2D eigenvalue weighted by molar-refractivity contribution is 0.102. The molecule has 0 unspecified atom stereocenters. The highest BCUT2D eigenvalue weighted by Gasteiger charge is 2.10. The number of nitrogens with two attached hydrogens (primary N) is 1. The molecular weight excluding hydrogens is 362 g/mol. The lowest BCUT2D eigenvalue weighted by Gasteiger charge is -2.09. The Kier molecular flexibility index (Phi) is 5.21. The Morgan fingerprint density at radius 1 is 0.793 bits per heavy atom. The fourth-order valence-corrected chi connectivity index (χ4v) is 2.85. The summed E-state index contributed by atoms with van der Waals surface area (Å²) in [6.07, 6.45) is 0. The van der Waals surface area contributed by atoms with Gasteiger partial charge in [-0.3, -0.25) is 4.79 Å². The molecule has 1 amide bonds. The molecule has 3 N–H and O–H groups in total. The third-order valence-corrected chi connectivity index (χ3v) is 4.26. The van der Waals surface area contributed by atoms with Gasteiger partial charge in [0, 0.05) is 16.9 Å². The van der Waals surface area contributed by atoms with Gasteiger partial charge in [0.2, 0.25) is 0 Å². The highest BCUT2D eigenvalue weighted by Crippen LogP contribution is 2.23. The maximum atomic E-state index is 12.6. The lowest BCUT2D eigenvalue weighted by Crippen LogP contribution is -2.13. The summed E-state index contributed by atoms with van der Waals surface area (Å²) in [5.74, 6) is 1.16. The van der Waals surface area contributed by atoms with E-state index in [1.165, 1.54) is 0 Å². The molecule has 0 saturated carbocycles. The second kappa shape index (κ2) is 8.27. The summed E-state index contributed by atoms with van der Waals surface area (Å²) in [7, 11) is 0. The minimum Gasteiger partial charge on any atom is -0.457 e. The summed E-state index contributed by atoms with van der Waals surface area (Å²) in [6, 6.07) is 29.4. The largest absolute Gasteiger partial charge is 0.457 e. The zero-order valence-corrected chi connectivity index (χ0v) is 15.6. The first-order valence-electron chi connectivity index (χ1n) is 9.15. The number of pyridine rings is 1. The first-order chi connectivity index (χ1) is 14.2. The first-order valence-corrected chi connectivity index (χ1v) is 9.15. The van der Waals surface area contributed by atoms with Crippen LogP contribution in [-0.2, 0) is 0 Å². The number of nitrogens with zero attached hydrogens (tertiary/aromatic N) is 1. The van der Waals surface area contributed by atoms with Crippen LogP contribution in [0.25, 0.3) is 11.3 Å². The number of aromatic nitrogens is 1. The number of anilines is 2. The number of carbonyl (C=O) groups is 1. The Labute approximate surface area is 168 Å². The molecule has 0 saturated heterocycles. The van der Waals surface area contributed by atoms with E-state index in [0.29, 0.717) is 28.5 Å². The van der Waals surface area contributed by atoms with Gasteiger partial charge in [0.25, 0.3) is 5.91 Å². The maximum Gasteiger partial charge on any atom is 0.274 e. The monoisotopic (exact) mass is 381 g/mol. The van der Waals surface area contributed by atoms with E-state index in [0.717, 1.165) is 11.3 Å². The molecular formula is C24H19N3O2. The topological polar surface area (TPSA) is 77.2 Å². The smallest absolute Gasteiger partial charge is 0.274 e. The minimum atomic E-state index is -0.285. The fraction of sp³-hybridized carbons (Fsp3) is 0. The van der Waals surface area contributed by atoms with Gasteiger partial charge in [-0.2, -0.15) is 0 Å². The summed E-state index contributed by atoms with van der Waals surface area (Å²) in [5, 5.41) is 2.86. The Balaban J connectivity index is 1.46. The molecule has 29 heavy (non-hydrogen) atoms. The quantitative estimate of drug-likeness (QED) is 0.455. The predicted octanol–water partition coefficient (Wildman–Crippen LogP) is 5.38. The third kappa shape index (κ3) is 4.59. The number of hydrogen-bond acceptors (Lipinski definition) is 4. The Hall–Kier alpha value is -4.12. The van der Waals surface area contributed by atoms with Gasteiger partial charge in [0.15, 0.2) is 0 Å². The molecule has 5 nitrogen and oxygen atoms in total. The summed E-state index contributed by atoms with van der Waals surface area (Å²) >= 11 is 0. The molecule has 4 aromatic rings. The maximum absolute atomic E-state index is 12.6. The number of benzene rings is 3. The van der Waals surface area contributed by atoms with Crippen LogP contribution in [0, 0.1) is 0 Å². The van der Waals surface area contributed by atoms with Gasteiger partial charge in [-0.15, -0.1) is 0 Å². The van der Waals surface area contributed by atoms with Crippen molar-refractivity contribution in [3.63, 3.8) is 0 Å². The van der Waals surface area contributed by atoms with Gasteiger partial charge < -0.3 is 15.8 Å². The van der Waals surface area contributed by atoms with Crippen molar-refractivity contribution < 1.29 is 9.53 Å². The number of para-hydroxylation sites is 1. The number of amides is 1. The number of ether oxygens (including phenoxy) is 1. The SMILES string of the molecule is Nc1cccc(-c2cccc(C(=O)Nc3ccc(Oc4ccccc4)cc3)n2)c1. The van der Waals surface area contributed by atoms with Crippen LogP contribution in [0.3, 0.4) is 0 Å². The van der Waals surface area contributed by atoms with Crippen LogP contribution in [-0.4, -0.2) is 10.9 Å². The number of hydrogen-bond donors (Lipinski definition) is 2.